The fraction of sp³-hybridized carbons (Fsp3) is 0.750. The minimum atomic E-state index is 0.265. The fourth-order valence-electron chi connectivity index (χ4n) is 0.693. The van der Waals surface area contributed by atoms with Gasteiger partial charge in [0.05, 0.1) is 0 Å². The van der Waals surface area contributed by atoms with E-state index in [0.717, 1.165) is 25.7 Å². The van der Waals surface area contributed by atoms with Crippen LogP contribution in [0.25, 0.3) is 10.4 Å². The zero-order valence-corrected chi connectivity index (χ0v) is 7.19. The molecule has 0 aliphatic heterocycles. The Morgan fingerprint density at radius 1 is 1.17 bits per heavy atom. The molecule has 0 unspecified atom stereocenters. The second-order valence-corrected chi connectivity index (χ2v) is 2.09. The predicted octanol–water partition coefficient (Wildman–Crippen LogP) is 2.10. The number of rotatable bonds is 6. The lowest BCUT2D eigenvalue weighted by Gasteiger charge is -1.93. The third-order valence-electron chi connectivity index (χ3n) is 1.23. The summed E-state index contributed by atoms with van der Waals surface area (Å²) in [6.45, 7) is 0.851. The van der Waals surface area contributed by atoms with Crippen molar-refractivity contribution in [1.82, 2.24) is 0 Å². The van der Waals surface area contributed by atoms with Gasteiger partial charge in [0.2, 0.25) is 0 Å². The number of azide groups is 1. The Hall–Kier alpha value is -1.17. The van der Waals surface area contributed by atoms with Crippen LogP contribution < -0.4 is 0 Å². The van der Waals surface area contributed by atoms with Gasteiger partial charge in [-0.15, -0.1) is 12.8 Å². The number of unbranched alkanes of at least 4 members (excludes halogenated alkanes) is 3. The zero-order chi connectivity index (χ0) is 9.66. The number of hydrogen-bond acceptors (Lipinski definition) is 2. The summed E-state index contributed by atoms with van der Waals surface area (Å²) in [7, 11) is 0. The molecule has 0 saturated carbocycles. The molecule has 0 aromatic carbocycles. The van der Waals surface area contributed by atoms with Crippen LogP contribution in [-0.4, -0.2) is 18.3 Å². The van der Waals surface area contributed by atoms with E-state index in [1.165, 1.54) is 0 Å². The van der Waals surface area contributed by atoms with Crippen LogP contribution in [0.15, 0.2) is 5.11 Å². The smallest absolute Gasteiger partial charge is 0.0431 e. The lowest BCUT2D eigenvalue weighted by atomic mass is 10.2. The lowest BCUT2D eigenvalue weighted by molar-refractivity contribution is 0.282. The average Bonchev–Trinajstić information content (AvgIpc) is 2.15. The first-order chi connectivity index (χ1) is 5.91. The molecule has 1 N–H and O–H groups in total. The molecule has 12 heavy (non-hydrogen) atoms. The molecular formula is C8H15N3O. The van der Waals surface area contributed by atoms with E-state index in [-0.39, 0.29) is 6.61 Å². The molecule has 0 saturated heterocycles. The Labute approximate surface area is 73.2 Å². The van der Waals surface area contributed by atoms with Crippen molar-refractivity contribution in [2.75, 3.05) is 13.2 Å². The summed E-state index contributed by atoms with van der Waals surface area (Å²) >= 11 is 0. The van der Waals surface area contributed by atoms with Crippen LogP contribution >= 0.6 is 0 Å². The van der Waals surface area contributed by atoms with Gasteiger partial charge in [-0.3, -0.25) is 0 Å². The number of terminal acetylenes is 1. The van der Waals surface area contributed by atoms with E-state index >= 15 is 0 Å². The van der Waals surface area contributed by atoms with Gasteiger partial charge < -0.3 is 5.11 Å². The highest BCUT2D eigenvalue weighted by atomic mass is 16.2. The van der Waals surface area contributed by atoms with Gasteiger partial charge in [-0.25, -0.2) is 0 Å². The quantitative estimate of drug-likeness (QED) is 0.214. The molecule has 0 aliphatic rings. The van der Waals surface area contributed by atoms with Crippen LogP contribution in [0.3, 0.4) is 0 Å². The third kappa shape index (κ3) is 15.9. The Bertz CT molecular complexity index is 138. The third-order valence-corrected chi connectivity index (χ3v) is 1.23. The van der Waals surface area contributed by atoms with Crippen molar-refractivity contribution in [3.63, 3.8) is 0 Å². The van der Waals surface area contributed by atoms with Gasteiger partial charge in [0.15, 0.2) is 0 Å². The number of nitrogens with zero attached hydrogens (tertiary/aromatic N) is 3. The molecule has 0 rings (SSSR count). The maximum atomic E-state index is 8.39. The standard InChI is InChI=1S/C6H13N3O.C2H2/c7-9-8-5-3-1-2-4-6-10;1-2/h10H,1-6H2;1-2H. The van der Waals surface area contributed by atoms with E-state index in [1.54, 1.807) is 0 Å². The summed E-state index contributed by atoms with van der Waals surface area (Å²) in [4.78, 5) is 2.63. The summed E-state index contributed by atoms with van der Waals surface area (Å²) in [6, 6.07) is 0. The summed E-state index contributed by atoms with van der Waals surface area (Å²) in [5.74, 6) is 0. The molecule has 0 spiro atoms. The number of hydrogen-bond donors (Lipinski definition) is 1. The topological polar surface area (TPSA) is 69.0 Å². The van der Waals surface area contributed by atoms with Gasteiger partial charge in [0.1, 0.15) is 0 Å². The van der Waals surface area contributed by atoms with E-state index in [2.05, 4.69) is 22.9 Å². The minimum Gasteiger partial charge on any atom is -0.396 e. The normalized spacial score (nSPS) is 7.58. The van der Waals surface area contributed by atoms with Gasteiger partial charge in [0, 0.05) is 18.1 Å². The molecule has 4 heteroatoms. The lowest BCUT2D eigenvalue weighted by Crippen LogP contribution is -1.84. The van der Waals surface area contributed by atoms with Crippen molar-refractivity contribution in [2.45, 2.75) is 25.7 Å². The summed E-state index contributed by atoms with van der Waals surface area (Å²) < 4.78 is 0. The van der Waals surface area contributed by atoms with Crippen molar-refractivity contribution in [3.8, 4) is 12.8 Å². The Balaban J connectivity index is 0. The second-order valence-electron chi connectivity index (χ2n) is 2.09. The van der Waals surface area contributed by atoms with E-state index in [1.807, 2.05) is 0 Å². The first-order valence-electron chi connectivity index (χ1n) is 3.87. The van der Waals surface area contributed by atoms with Crippen LogP contribution in [0, 0.1) is 12.8 Å². The first-order valence-corrected chi connectivity index (χ1v) is 3.87. The molecule has 0 amide bonds. The van der Waals surface area contributed by atoms with E-state index in [0.29, 0.717) is 6.54 Å². The number of aliphatic hydroxyl groups excluding tert-OH is 1. The van der Waals surface area contributed by atoms with Crippen molar-refractivity contribution < 1.29 is 5.11 Å². The Morgan fingerprint density at radius 3 is 2.25 bits per heavy atom. The molecule has 0 aromatic rings. The van der Waals surface area contributed by atoms with Crippen LogP contribution in [0.1, 0.15) is 25.7 Å². The molecule has 0 heterocycles. The summed E-state index contributed by atoms with van der Waals surface area (Å²) in [5.41, 5.74) is 7.89. The van der Waals surface area contributed by atoms with Gasteiger partial charge in [0.25, 0.3) is 0 Å². The highest BCUT2D eigenvalue weighted by Gasteiger charge is 1.86. The van der Waals surface area contributed by atoms with Gasteiger partial charge >= 0.3 is 0 Å². The largest absolute Gasteiger partial charge is 0.396 e. The van der Waals surface area contributed by atoms with Crippen molar-refractivity contribution in [1.29, 1.82) is 0 Å². The summed E-state index contributed by atoms with van der Waals surface area (Å²) in [6.07, 6.45) is 11.9. The fourth-order valence-corrected chi connectivity index (χ4v) is 0.693. The zero-order valence-electron chi connectivity index (χ0n) is 7.19. The van der Waals surface area contributed by atoms with E-state index in [9.17, 15) is 0 Å². The average molecular weight is 169 g/mol. The molecule has 0 atom stereocenters. The molecule has 0 radical (unpaired) electrons. The Kier molecular flexibility index (Phi) is 18.4. The minimum absolute atomic E-state index is 0.265. The highest BCUT2D eigenvalue weighted by Crippen LogP contribution is 1.98. The molecule has 4 nitrogen and oxygen atoms in total. The highest BCUT2D eigenvalue weighted by molar-refractivity contribution is 4.48. The molecule has 0 bridgehead atoms. The van der Waals surface area contributed by atoms with Crippen LogP contribution in [0.4, 0.5) is 0 Å². The van der Waals surface area contributed by atoms with Gasteiger partial charge in [-0.05, 0) is 18.4 Å². The molecule has 0 aliphatic carbocycles. The first kappa shape index (κ1) is 13.4. The van der Waals surface area contributed by atoms with Crippen LogP contribution in [0.2, 0.25) is 0 Å². The SMILES string of the molecule is C#C.[N-]=[N+]=NCCCCCCO. The van der Waals surface area contributed by atoms with Crippen LogP contribution in [0.5, 0.6) is 0 Å². The molecular weight excluding hydrogens is 154 g/mol. The maximum absolute atomic E-state index is 8.39. The van der Waals surface area contributed by atoms with Gasteiger partial charge in [-0.1, -0.05) is 18.0 Å². The van der Waals surface area contributed by atoms with E-state index in [4.69, 9.17) is 10.6 Å². The van der Waals surface area contributed by atoms with Crippen molar-refractivity contribution in [3.05, 3.63) is 10.4 Å². The summed E-state index contributed by atoms with van der Waals surface area (Å²) in [5, 5.41) is 11.8. The Morgan fingerprint density at radius 2 is 1.75 bits per heavy atom. The predicted molar refractivity (Wildman–Crippen MR) is 49.5 cm³/mol. The van der Waals surface area contributed by atoms with Gasteiger partial charge in [-0.2, -0.15) is 0 Å². The molecule has 0 aromatic heterocycles. The number of aliphatic hydroxyl groups is 1. The second kappa shape index (κ2) is 16.4. The molecule has 0 fully saturated rings. The maximum Gasteiger partial charge on any atom is 0.0431 e. The van der Waals surface area contributed by atoms with Crippen molar-refractivity contribution in [2.24, 2.45) is 5.11 Å². The van der Waals surface area contributed by atoms with Crippen molar-refractivity contribution >= 4 is 0 Å². The molecule has 68 valence electrons. The van der Waals surface area contributed by atoms with E-state index < -0.39 is 0 Å². The monoisotopic (exact) mass is 169 g/mol. The van der Waals surface area contributed by atoms with Crippen LogP contribution in [-0.2, 0) is 0 Å².